The predicted octanol–water partition coefficient (Wildman–Crippen LogP) is -1.65. The Kier molecular flexibility index (Phi) is 11.9. The molecule has 1 unspecified atom stereocenters. The van der Waals surface area contributed by atoms with Crippen molar-refractivity contribution in [3.05, 3.63) is 0 Å². The molecular formula is C9H17NaO2. The number of carboxylic acid groups (broad SMARTS) is 1. The largest absolute Gasteiger partial charge is 1.00 e. The molecule has 1 atom stereocenters. The topological polar surface area (TPSA) is 40.1 Å². The van der Waals surface area contributed by atoms with E-state index in [0.717, 1.165) is 25.7 Å². The molecule has 0 N–H and O–H groups in total. The molecule has 0 aromatic carbocycles. The fourth-order valence-electron chi connectivity index (χ4n) is 1.13. The van der Waals surface area contributed by atoms with E-state index < -0.39 is 5.97 Å². The van der Waals surface area contributed by atoms with Crippen molar-refractivity contribution in [2.75, 3.05) is 0 Å². The minimum Gasteiger partial charge on any atom is -0.550 e. The van der Waals surface area contributed by atoms with Gasteiger partial charge in [-0.2, -0.15) is 0 Å². The summed E-state index contributed by atoms with van der Waals surface area (Å²) in [5, 5.41) is 10.4. The number of aliphatic carboxylic acids is 1. The standard InChI is InChI=1S/C9H18O2.Na/c1-3-5-6-7-8(4-2)9(10)11;/h8H,3-7H2,1-2H3,(H,10,11);/q;+1/p-1. The van der Waals surface area contributed by atoms with E-state index in [0.29, 0.717) is 6.42 Å². The first kappa shape index (κ1) is 15.0. The number of unbranched alkanes of at least 4 members (excludes halogenated alkanes) is 2. The Morgan fingerprint density at radius 2 is 1.92 bits per heavy atom. The minimum atomic E-state index is -0.886. The van der Waals surface area contributed by atoms with Gasteiger partial charge in [-0.25, -0.2) is 0 Å². The van der Waals surface area contributed by atoms with E-state index >= 15 is 0 Å². The van der Waals surface area contributed by atoms with Gasteiger partial charge in [-0.05, 0) is 18.8 Å². The van der Waals surface area contributed by atoms with Crippen LogP contribution in [-0.2, 0) is 4.79 Å². The van der Waals surface area contributed by atoms with Crippen molar-refractivity contribution in [1.82, 2.24) is 0 Å². The zero-order valence-corrected chi connectivity index (χ0v) is 10.4. The van der Waals surface area contributed by atoms with Gasteiger partial charge >= 0.3 is 29.6 Å². The van der Waals surface area contributed by atoms with Gasteiger partial charge in [-0.1, -0.05) is 33.1 Å². The number of carbonyl (C=O) groups excluding carboxylic acids is 1. The molecule has 0 spiro atoms. The molecule has 3 heteroatoms. The normalized spacial score (nSPS) is 11.8. The smallest absolute Gasteiger partial charge is 0.550 e. The molecule has 0 amide bonds. The Hall–Kier alpha value is 0.470. The molecular weight excluding hydrogens is 163 g/mol. The zero-order valence-electron chi connectivity index (χ0n) is 8.43. The van der Waals surface area contributed by atoms with Crippen LogP contribution >= 0.6 is 0 Å². The Balaban J connectivity index is 0. The maximum atomic E-state index is 10.4. The summed E-state index contributed by atoms with van der Waals surface area (Å²) in [5.74, 6) is -1.11. The number of hydrogen-bond donors (Lipinski definition) is 0. The van der Waals surface area contributed by atoms with Crippen LogP contribution in [0.2, 0.25) is 0 Å². The summed E-state index contributed by atoms with van der Waals surface area (Å²) in [6.07, 6.45) is 4.77. The third-order valence-electron chi connectivity index (χ3n) is 1.98. The summed E-state index contributed by atoms with van der Waals surface area (Å²) in [7, 11) is 0. The minimum absolute atomic E-state index is 0. The van der Waals surface area contributed by atoms with Crippen molar-refractivity contribution in [1.29, 1.82) is 0 Å². The Labute approximate surface area is 97.0 Å². The van der Waals surface area contributed by atoms with Crippen LogP contribution in [0.15, 0.2) is 0 Å². The monoisotopic (exact) mass is 180 g/mol. The van der Waals surface area contributed by atoms with Crippen molar-refractivity contribution in [2.24, 2.45) is 5.92 Å². The third kappa shape index (κ3) is 7.14. The van der Waals surface area contributed by atoms with Crippen LogP contribution < -0.4 is 34.7 Å². The third-order valence-corrected chi connectivity index (χ3v) is 1.98. The van der Waals surface area contributed by atoms with Crippen LogP contribution in [0, 0.1) is 5.92 Å². The summed E-state index contributed by atoms with van der Waals surface area (Å²) in [6, 6.07) is 0. The van der Waals surface area contributed by atoms with Crippen molar-refractivity contribution in [3.8, 4) is 0 Å². The number of rotatable bonds is 6. The summed E-state index contributed by atoms with van der Waals surface area (Å²) < 4.78 is 0. The maximum Gasteiger partial charge on any atom is 1.00 e. The Morgan fingerprint density at radius 1 is 1.33 bits per heavy atom. The summed E-state index contributed by atoms with van der Waals surface area (Å²) in [4.78, 5) is 10.4. The molecule has 0 fully saturated rings. The van der Waals surface area contributed by atoms with Crippen molar-refractivity contribution >= 4 is 5.97 Å². The molecule has 0 saturated heterocycles. The first-order chi connectivity index (χ1) is 5.22. The van der Waals surface area contributed by atoms with Gasteiger partial charge < -0.3 is 9.90 Å². The second-order valence-electron chi connectivity index (χ2n) is 2.92. The number of carboxylic acids is 1. The molecule has 0 aliphatic heterocycles. The molecule has 0 aromatic rings. The predicted molar refractivity (Wildman–Crippen MR) is 42.9 cm³/mol. The van der Waals surface area contributed by atoms with Gasteiger partial charge in [0.2, 0.25) is 0 Å². The van der Waals surface area contributed by atoms with Crippen LogP contribution in [0.5, 0.6) is 0 Å². The summed E-state index contributed by atoms with van der Waals surface area (Å²) in [5.41, 5.74) is 0. The van der Waals surface area contributed by atoms with Crippen LogP contribution in [0.3, 0.4) is 0 Å². The van der Waals surface area contributed by atoms with E-state index in [1.807, 2.05) is 6.92 Å². The molecule has 0 heterocycles. The molecule has 0 aliphatic carbocycles. The van der Waals surface area contributed by atoms with Crippen LogP contribution in [0.25, 0.3) is 0 Å². The Morgan fingerprint density at radius 3 is 2.25 bits per heavy atom. The van der Waals surface area contributed by atoms with Crippen molar-refractivity contribution < 1.29 is 39.5 Å². The van der Waals surface area contributed by atoms with E-state index in [2.05, 4.69) is 6.92 Å². The average molecular weight is 180 g/mol. The van der Waals surface area contributed by atoms with Crippen LogP contribution in [0.1, 0.15) is 46.0 Å². The molecule has 66 valence electrons. The number of carbonyl (C=O) groups is 1. The second-order valence-corrected chi connectivity index (χ2v) is 2.92. The van der Waals surface area contributed by atoms with E-state index in [1.165, 1.54) is 0 Å². The van der Waals surface area contributed by atoms with E-state index in [9.17, 15) is 9.90 Å². The zero-order chi connectivity index (χ0) is 8.69. The van der Waals surface area contributed by atoms with Gasteiger partial charge in [0, 0.05) is 5.97 Å². The van der Waals surface area contributed by atoms with Crippen molar-refractivity contribution in [2.45, 2.75) is 46.0 Å². The first-order valence-electron chi connectivity index (χ1n) is 4.43. The molecule has 12 heavy (non-hydrogen) atoms. The van der Waals surface area contributed by atoms with Gasteiger partial charge in [0.15, 0.2) is 0 Å². The summed E-state index contributed by atoms with van der Waals surface area (Å²) in [6.45, 7) is 4.01. The molecule has 0 aromatic heterocycles. The molecule has 0 radical (unpaired) electrons. The van der Waals surface area contributed by atoms with E-state index in [1.54, 1.807) is 0 Å². The van der Waals surface area contributed by atoms with Gasteiger partial charge in [-0.3, -0.25) is 0 Å². The molecule has 0 aliphatic rings. The maximum absolute atomic E-state index is 10.4. The van der Waals surface area contributed by atoms with Gasteiger partial charge in [0.1, 0.15) is 0 Å². The SMILES string of the molecule is CCCCCC(CC)C(=O)[O-].[Na+]. The van der Waals surface area contributed by atoms with E-state index in [-0.39, 0.29) is 35.5 Å². The average Bonchev–Trinajstić information content (AvgIpc) is 1.97. The fraction of sp³-hybridized carbons (Fsp3) is 0.889. The fourth-order valence-corrected chi connectivity index (χ4v) is 1.13. The van der Waals surface area contributed by atoms with Gasteiger partial charge in [0.25, 0.3) is 0 Å². The molecule has 0 bridgehead atoms. The van der Waals surface area contributed by atoms with Crippen molar-refractivity contribution in [3.63, 3.8) is 0 Å². The Bertz CT molecular complexity index is 115. The second kappa shape index (κ2) is 9.56. The first-order valence-corrected chi connectivity index (χ1v) is 4.43. The number of hydrogen-bond acceptors (Lipinski definition) is 2. The molecule has 0 saturated carbocycles. The van der Waals surface area contributed by atoms with Crippen LogP contribution in [0.4, 0.5) is 0 Å². The quantitative estimate of drug-likeness (QED) is 0.363. The molecule has 2 nitrogen and oxygen atoms in total. The molecule has 0 rings (SSSR count). The summed E-state index contributed by atoms with van der Waals surface area (Å²) >= 11 is 0. The van der Waals surface area contributed by atoms with E-state index in [4.69, 9.17) is 0 Å². The van der Waals surface area contributed by atoms with Gasteiger partial charge in [0.05, 0.1) is 0 Å². The van der Waals surface area contributed by atoms with Crippen LogP contribution in [-0.4, -0.2) is 5.97 Å². The van der Waals surface area contributed by atoms with Gasteiger partial charge in [-0.15, -0.1) is 0 Å².